The van der Waals surface area contributed by atoms with E-state index in [4.69, 9.17) is 5.73 Å². The molecular formula is C8H18N2. The molecule has 0 aromatic carbocycles. The molecule has 0 spiro atoms. The smallest absolute Gasteiger partial charge is 0.0300 e. The van der Waals surface area contributed by atoms with Crippen molar-refractivity contribution in [3.05, 3.63) is 0 Å². The highest BCUT2D eigenvalue weighted by molar-refractivity contribution is 4.88. The number of hydrogen-bond acceptors (Lipinski definition) is 2. The maximum absolute atomic E-state index is 5.69. The van der Waals surface area contributed by atoms with E-state index in [2.05, 4.69) is 18.9 Å². The predicted octanol–water partition coefficient (Wildman–Crippen LogP) is 0.820. The van der Waals surface area contributed by atoms with Gasteiger partial charge in [0.25, 0.3) is 0 Å². The minimum atomic E-state index is 0.290. The summed E-state index contributed by atoms with van der Waals surface area (Å²) in [5.41, 5.74) is 5.98. The molecule has 0 aromatic rings. The lowest BCUT2D eigenvalue weighted by Gasteiger charge is -2.41. The molecule has 1 aliphatic rings. The van der Waals surface area contributed by atoms with Gasteiger partial charge in [0, 0.05) is 12.1 Å². The Kier molecular flexibility index (Phi) is 2.32. The second-order valence-electron chi connectivity index (χ2n) is 3.58. The molecule has 2 nitrogen and oxygen atoms in total. The zero-order valence-electron chi connectivity index (χ0n) is 7.06. The van der Waals surface area contributed by atoms with Crippen LogP contribution in [0.5, 0.6) is 0 Å². The standard InChI is InChI=1S/C8H18N2/c1-8(7-9)5-3-4-6-10(8)2/h3-7,9H2,1-2H3. The summed E-state index contributed by atoms with van der Waals surface area (Å²) in [5, 5.41) is 0. The van der Waals surface area contributed by atoms with Gasteiger partial charge in [-0.2, -0.15) is 0 Å². The molecule has 1 unspecified atom stereocenters. The Hall–Kier alpha value is -0.0800. The second-order valence-corrected chi connectivity index (χ2v) is 3.58. The average molecular weight is 142 g/mol. The Morgan fingerprint density at radius 3 is 2.60 bits per heavy atom. The third-order valence-electron chi connectivity index (χ3n) is 2.82. The van der Waals surface area contributed by atoms with E-state index >= 15 is 0 Å². The van der Waals surface area contributed by atoms with Crippen molar-refractivity contribution in [1.82, 2.24) is 4.90 Å². The summed E-state index contributed by atoms with van der Waals surface area (Å²) in [6, 6.07) is 0. The fourth-order valence-corrected chi connectivity index (χ4v) is 1.57. The van der Waals surface area contributed by atoms with Crippen LogP contribution in [0.4, 0.5) is 0 Å². The number of piperidine rings is 1. The van der Waals surface area contributed by atoms with Crippen LogP contribution in [0.15, 0.2) is 0 Å². The predicted molar refractivity (Wildman–Crippen MR) is 43.9 cm³/mol. The van der Waals surface area contributed by atoms with Crippen molar-refractivity contribution in [2.45, 2.75) is 31.7 Å². The lowest BCUT2D eigenvalue weighted by Crippen LogP contribution is -2.52. The molecule has 0 radical (unpaired) electrons. The van der Waals surface area contributed by atoms with Crippen molar-refractivity contribution in [1.29, 1.82) is 0 Å². The lowest BCUT2D eigenvalue weighted by atomic mass is 9.89. The number of likely N-dealkylation sites (tertiary alicyclic amines) is 1. The summed E-state index contributed by atoms with van der Waals surface area (Å²) in [7, 11) is 2.17. The van der Waals surface area contributed by atoms with Gasteiger partial charge in [-0.1, -0.05) is 6.42 Å². The first-order chi connectivity index (χ1) is 4.69. The summed E-state index contributed by atoms with van der Waals surface area (Å²) in [5.74, 6) is 0. The Morgan fingerprint density at radius 2 is 2.20 bits per heavy atom. The van der Waals surface area contributed by atoms with E-state index in [1.165, 1.54) is 25.8 Å². The zero-order chi connectivity index (χ0) is 7.61. The van der Waals surface area contributed by atoms with Crippen molar-refractivity contribution < 1.29 is 0 Å². The summed E-state index contributed by atoms with van der Waals surface area (Å²) in [6.07, 6.45) is 3.95. The van der Waals surface area contributed by atoms with Gasteiger partial charge < -0.3 is 5.73 Å². The van der Waals surface area contributed by atoms with Gasteiger partial charge in [0.2, 0.25) is 0 Å². The molecule has 1 saturated heterocycles. The molecule has 1 aliphatic heterocycles. The fourth-order valence-electron chi connectivity index (χ4n) is 1.57. The topological polar surface area (TPSA) is 29.3 Å². The van der Waals surface area contributed by atoms with Gasteiger partial charge in [0.05, 0.1) is 0 Å². The van der Waals surface area contributed by atoms with Gasteiger partial charge in [-0.25, -0.2) is 0 Å². The van der Waals surface area contributed by atoms with Crippen LogP contribution in [0.2, 0.25) is 0 Å². The summed E-state index contributed by atoms with van der Waals surface area (Å²) in [4.78, 5) is 2.39. The molecule has 0 aromatic heterocycles. The Labute approximate surface area is 63.4 Å². The number of likely N-dealkylation sites (N-methyl/N-ethyl adjacent to an activating group) is 1. The highest BCUT2D eigenvalue weighted by Crippen LogP contribution is 2.24. The SMILES string of the molecule is CN1CCCCC1(C)CN. The van der Waals surface area contributed by atoms with Crippen LogP contribution in [-0.2, 0) is 0 Å². The first-order valence-electron chi connectivity index (χ1n) is 4.10. The maximum atomic E-state index is 5.69. The fraction of sp³-hybridized carbons (Fsp3) is 1.00. The van der Waals surface area contributed by atoms with Gasteiger partial charge in [0.1, 0.15) is 0 Å². The van der Waals surface area contributed by atoms with Crippen molar-refractivity contribution in [2.75, 3.05) is 20.1 Å². The summed E-state index contributed by atoms with van der Waals surface area (Å²) in [6.45, 7) is 4.27. The third-order valence-corrected chi connectivity index (χ3v) is 2.82. The Morgan fingerprint density at radius 1 is 1.50 bits per heavy atom. The van der Waals surface area contributed by atoms with E-state index in [1.807, 2.05) is 0 Å². The molecular weight excluding hydrogens is 124 g/mol. The number of hydrogen-bond donors (Lipinski definition) is 1. The van der Waals surface area contributed by atoms with E-state index in [1.54, 1.807) is 0 Å². The second kappa shape index (κ2) is 2.89. The van der Waals surface area contributed by atoms with Crippen LogP contribution in [0.3, 0.4) is 0 Å². The molecule has 0 bridgehead atoms. The minimum absolute atomic E-state index is 0.290. The molecule has 10 heavy (non-hydrogen) atoms. The van der Waals surface area contributed by atoms with Crippen LogP contribution < -0.4 is 5.73 Å². The number of rotatable bonds is 1. The molecule has 0 saturated carbocycles. The average Bonchev–Trinajstić information content (AvgIpc) is 1.96. The highest BCUT2D eigenvalue weighted by atomic mass is 15.2. The van der Waals surface area contributed by atoms with Crippen LogP contribution in [0.1, 0.15) is 26.2 Å². The van der Waals surface area contributed by atoms with E-state index in [0.29, 0.717) is 0 Å². The van der Waals surface area contributed by atoms with E-state index < -0.39 is 0 Å². The zero-order valence-corrected chi connectivity index (χ0v) is 7.06. The van der Waals surface area contributed by atoms with Crippen molar-refractivity contribution in [3.63, 3.8) is 0 Å². The first kappa shape index (κ1) is 8.02. The summed E-state index contributed by atoms with van der Waals surface area (Å²) >= 11 is 0. The maximum Gasteiger partial charge on any atom is 0.0300 e. The molecule has 2 heteroatoms. The van der Waals surface area contributed by atoms with Crippen LogP contribution in [0, 0.1) is 0 Å². The number of nitrogens with zero attached hydrogens (tertiary/aromatic N) is 1. The van der Waals surface area contributed by atoms with E-state index in [0.717, 1.165) is 6.54 Å². The monoisotopic (exact) mass is 142 g/mol. The minimum Gasteiger partial charge on any atom is -0.329 e. The Balaban J connectivity index is 2.54. The van der Waals surface area contributed by atoms with Crippen molar-refractivity contribution >= 4 is 0 Å². The highest BCUT2D eigenvalue weighted by Gasteiger charge is 2.29. The largest absolute Gasteiger partial charge is 0.329 e. The molecule has 1 atom stereocenters. The number of nitrogens with two attached hydrogens (primary N) is 1. The molecule has 2 N–H and O–H groups in total. The van der Waals surface area contributed by atoms with Gasteiger partial charge in [0.15, 0.2) is 0 Å². The quantitative estimate of drug-likeness (QED) is 0.587. The van der Waals surface area contributed by atoms with Gasteiger partial charge in [-0.15, -0.1) is 0 Å². The summed E-state index contributed by atoms with van der Waals surface area (Å²) < 4.78 is 0. The molecule has 1 fully saturated rings. The van der Waals surface area contributed by atoms with E-state index in [9.17, 15) is 0 Å². The van der Waals surface area contributed by atoms with Crippen molar-refractivity contribution in [2.24, 2.45) is 5.73 Å². The van der Waals surface area contributed by atoms with E-state index in [-0.39, 0.29) is 5.54 Å². The Bertz CT molecular complexity index is 114. The molecule has 1 rings (SSSR count). The lowest BCUT2D eigenvalue weighted by molar-refractivity contribution is 0.0978. The molecule has 0 aliphatic carbocycles. The van der Waals surface area contributed by atoms with Crippen molar-refractivity contribution in [3.8, 4) is 0 Å². The first-order valence-corrected chi connectivity index (χ1v) is 4.10. The normalized spacial score (nSPS) is 36.3. The molecule has 1 heterocycles. The molecule has 60 valence electrons. The van der Waals surface area contributed by atoms with Gasteiger partial charge in [-0.05, 0) is 33.4 Å². The van der Waals surface area contributed by atoms with Gasteiger partial charge >= 0.3 is 0 Å². The third kappa shape index (κ3) is 1.32. The van der Waals surface area contributed by atoms with Crippen LogP contribution >= 0.6 is 0 Å². The van der Waals surface area contributed by atoms with Gasteiger partial charge in [-0.3, -0.25) is 4.90 Å². The van der Waals surface area contributed by atoms with Crippen LogP contribution in [-0.4, -0.2) is 30.6 Å². The van der Waals surface area contributed by atoms with Crippen LogP contribution in [0.25, 0.3) is 0 Å². The molecule has 0 amide bonds.